The fourth-order valence-electron chi connectivity index (χ4n) is 3.70. The predicted molar refractivity (Wildman–Crippen MR) is 133 cm³/mol. The summed E-state index contributed by atoms with van der Waals surface area (Å²) in [6, 6.07) is 24.8. The number of nitrogens with zero attached hydrogens (tertiary/aromatic N) is 3. The van der Waals surface area contributed by atoms with Crippen molar-refractivity contribution < 1.29 is 0 Å². The molecule has 158 valence electrons. The van der Waals surface area contributed by atoms with Gasteiger partial charge in [0.1, 0.15) is 0 Å². The summed E-state index contributed by atoms with van der Waals surface area (Å²) >= 11 is 1.75. The molecule has 0 spiro atoms. The van der Waals surface area contributed by atoms with Crippen molar-refractivity contribution in [2.75, 3.05) is 11.9 Å². The van der Waals surface area contributed by atoms with Crippen molar-refractivity contribution >= 4 is 27.4 Å². The van der Waals surface area contributed by atoms with E-state index in [1.165, 1.54) is 15.6 Å². The van der Waals surface area contributed by atoms with E-state index in [-0.39, 0.29) is 6.04 Å². The first kappa shape index (κ1) is 20.3. The summed E-state index contributed by atoms with van der Waals surface area (Å²) in [6.45, 7) is 0.590. The molecule has 0 unspecified atom stereocenters. The van der Waals surface area contributed by atoms with Gasteiger partial charge in [0.05, 0.1) is 5.69 Å². The molecule has 0 saturated heterocycles. The predicted octanol–water partition coefficient (Wildman–Crippen LogP) is 5.40. The van der Waals surface area contributed by atoms with E-state index in [4.69, 9.17) is 10.7 Å². The Kier molecular flexibility index (Phi) is 5.87. The molecule has 3 heterocycles. The van der Waals surface area contributed by atoms with E-state index in [2.05, 4.69) is 57.7 Å². The highest BCUT2D eigenvalue weighted by atomic mass is 32.1. The first-order valence-electron chi connectivity index (χ1n) is 10.6. The Bertz CT molecular complexity index is 1290. The fourth-order valence-corrected chi connectivity index (χ4v) is 4.78. The van der Waals surface area contributed by atoms with Gasteiger partial charge in [0.25, 0.3) is 0 Å². The lowest BCUT2D eigenvalue weighted by molar-refractivity contribution is 0.696. The highest BCUT2D eigenvalue weighted by Crippen LogP contribution is 2.38. The summed E-state index contributed by atoms with van der Waals surface area (Å²) in [4.78, 5) is 14.8. The lowest BCUT2D eigenvalue weighted by Crippen LogP contribution is -2.31. The van der Waals surface area contributed by atoms with E-state index >= 15 is 0 Å². The summed E-state index contributed by atoms with van der Waals surface area (Å²) in [7, 11) is 0. The number of pyridine rings is 1. The Balaban J connectivity index is 1.42. The second kappa shape index (κ2) is 9.26. The van der Waals surface area contributed by atoms with Crippen LogP contribution in [0.4, 0.5) is 5.95 Å². The van der Waals surface area contributed by atoms with Crippen molar-refractivity contribution in [2.24, 2.45) is 5.73 Å². The highest BCUT2D eigenvalue weighted by molar-refractivity contribution is 7.22. The van der Waals surface area contributed by atoms with Gasteiger partial charge in [0.15, 0.2) is 0 Å². The molecular weight excluding hydrogens is 414 g/mol. The van der Waals surface area contributed by atoms with Crippen LogP contribution in [-0.4, -0.2) is 27.5 Å². The standard InChI is InChI=1S/C26H23N5S/c27-21(14-18-6-2-1-3-7-18)16-29-26-30-17-22(25(31-26)19-10-12-28-13-11-19)24-15-20-8-4-5-9-23(20)32-24/h1-13,15,17,21H,14,16,27H2,(H,29,30,31)/t21-/m0/s1. The molecule has 1 atom stereocenters. The summed E-state index contributed by atoms with van der Waals surface area (Å²) in [5.41, 5.74) is 10.5. The Morgan fingerprint density at radius 3 is 2.53 bits per heavy atom. The van der Waals surface area contributed by atoms with E-state index < -0.39 is 0 Å². The molecule has 0 aliphatic heterocycles. The number of aromatic nitrogens is 3. The molecule has 5 rings (SSSR count). The zero-order valence-electron chi connectivity index (χ0n) is 17.5. The average molecular weight is 438 g/mol. The van der Waals surface area contributed by atoms with Crippen molar-refractivity contribution in [3.63, 3.8) is 0 Å². The van der Waals surface area contributed by atoms with Crippen molar-refractivity contribution in [1.82, 2.24) is 15.0 Å². The maximum atomic E-state index is 6.34. The Hall–Kier alpha value is -3.61. The minimum Gasteiger partial charge on any atom is -0.353 e. The number of hydrogen-bond donors (Lipinski definition) is 2. The zero-order valence-corrected chi connectivity index (χ0v) is 18.3. The Morgan fingerprint density at radius 2 is 1.72 bits per heavy atom. The largest absolute Gasteiger partial charge is 0.353 e. The van der Waals surface area contributed by atoms with E-state index in [9.17, 15) is 0 Å². The third-order valence-electron chi connectivity index (χ3n) is 5.30. The van der Waals surface area contributed by atoms with Crippen molar-refractivity contribution in [3.8, 4) is 21.7 Å². The third-order valence-corrected chi connectivity index (χ3v) is 6.45. The molecule has 32 heavy (non-hydrogen) atoms. The van der Waals surface area contributed by atoms with Crippen LogP contribution in [0.5, 0.6) is 0 Å². The maximum Gasteiger partial charge on any atom is 0.223 e. The average Bonchev–Trinajstić information content (AvgIpc) is 3.28. The van der Waals surface area contributed by atoms with Crippen molar-refractivity contribution in [1.29, 1.82) is 0 Å². The van der Waals surface area contributed by atoms with E-state index in [0.29, 0.717) is 12.5 Å². The lowest BCUT2D eigenvalue weighted by atomic mass is 10.1. The van der Waals surface area contributed by atoms with Crippen LogP contribution in [0.2, 0.25) is 0 Å². The Morgan fingerprint density at radius 1 is 0.938 bits per heavy atom. The SMILES string of the molecule is N[C@H](CNc1ncc(-c2cc3ccccc3s2)c(-c2ccncc2)n1)Cc1ccccc1. The minimum absolute atomic E-state index is 0.0346. The molecule has 0 saturated carbocycles. The van der Waals surface area contributed by atoms with Crippen LogP contribution in [0.25, 0.3) is 31.8 Å². The maximum absolute atomic E-state index is 6.34. The van der Waals surface area contributed by atoms with E-state index in [0.717, 1.165) is 28.1 Å². The molecule has 0 bridgehead atoms. The minimum atomic E-state index is -0.0346. The number of anilines is 1. The quantitative estimate of drug-likeness (QED) is 0.356. The van der Waals surface area contributed by atoms with Gasteiger partial charge in [-0.3, -0.25) is 4.98 Å². The third kappa shape index (κ3) is 4.51. The number of thiophene rings is 1. The molecule has 0 aliphatic rings. The molecular formula is C26H23N5S. The van der Waals surface area contributed by atoms with Crippen LogP contribution in [0, 0.1) is 0 Å². The molecule has 0 radical (unpaired) electrons. The van der Waals surface area contributed by atoms with Gasteiger partial charge >= 0.3 is 0 Å². The van der Waals surface area contributed by atoms with Crippen LogP contribution in [0.1, 0.15) is 5.56 Å². The second-order valence-corrected chi connectivity index (χ2v) is 8.75. The Labute approximate surface area is 191 Å². The van der Waals surface area contributed by atoms with E-state index in [1.807, 2.05) is 36.5 Å². The van der Waals surface area contributed by atoms with Gasteiger partial charge < -0.3 is 11.1 Å². The normalized spacial score (nSPS) is 12.0. The summed E-state index contributed by atoms with van der Waals surface area (Å²) in [5.74, 6) is 0.574. The lowest BCUT2D eigenvalue weighted by Gasteiger charge is -2.14. The van der Waals surface area contributed by atoms with Gasteiger partial charge in [0.2, 0.25) is 5.95 Å². The zero-order chi connectivity index (χ0) is 21.8. The first-order valence-corrected chi connectivity index (χ1v) is 11.4. The van der Waals surface area contributed by atoms with Gasteiger partial charge in [-0.2, -0.15) is 0 Å². The summed E-state index contributed by atoms with van der Waals surface area (Å²) in [5, 5.41) is 4.54. The molecule has 3 aromatic heterocycles. The summed E-state index contributed by atoms with van der Waals surface area (Å²) < 4.78 is 1.25. The van der Waals surface area contributed by atoms with Crippen molar-refractivity contribution in [2.45, 2.75) is 12.5 Å². The van der Waals surface area contributed by atoms with Gasteiger partial charge in [-0.05, 0) is 41.6 Å². The van der Waals surface area contributed by atoms with Gasteiger partial charge in [0, 0.05) is 51.9 Å². The fraction of sp³-hybridized carbons (Fsp3) is 0.115. The summed E-state index contributed by atoms with van der Waals surface area (Å²) in [6.07, 6.45) is 6.27. The topological polar surface area (TPSA) is 76.7 Å². The van der Waals surface area contributed by atoms with Gasteiger partial charge in [-0.15, -0.1) is 11.3 Å². The number of rotatable bonds is 7. The molecule has 5 nitrogen and oxygen atoms in total. The second-order valence-electron chi connectivity index (χ2n) is 7.67. The molecule has 3 N–H and O–H groups in total. The van der Waals surface area contributed by atoms with Crippen LogP contribution in [0.3, 0.4) is 0 Å². The smallest absolute Gasteiger partial charge is 0.223 e. The number of benzene rings is 2. The molecule has 0 aliphatic carbocycles. The highest BCUT2D eigenvalue weighted by Gasteiger charge is 2.15. The van der Waals surface area contributed by atoms with Crippen LogP contribution in [-0.2, 0) is 6.42 Å². The molecule has 5 aromatic rings. The molecule has 2 aromatic carbocycles. The van der Waals surface area contributed by atoms with Crippen LogP contribution in [0.15, 0.2) is 91.4 Å². The number of nitrogens with two attached hydrogens (primary N) is 1. The van der Waals surface area contributed by atoms with Gasteiger partial charge in [-0.1, -0.05) is 48.5 Å². The molecule has 6 heteroatoms. The van der Waals surface area contributed by atoms with Gasteiger partial charge in [-0.25, -0.2) is 9.97 Å². The number of fused-ring (bicyclic) bond motifs is 1. The number of hydrogen-bond acceptors (Lipinski definition) is 6. The molecule has 0 fully saturated rings. The first-order chi connectivity index (χ1) is 15.8. The molecule has 0 amide bonds. The number of nitrogens with one attached hydrogen (secondary N) is 1. The van der Waals surface area contributed by atoms with Crippen molar-refractivity contribution in [3.05, 3.63) is 97.0 Å². The monoisotopic (exact) mass is 437 g/mol. The van der Waals surface area contributed by atoms with Crippen LogP contribution < -0.4 is 11.1 Å². The van der Waals surface area contributed by atoms with E-state index in [1.54, 1.807) is 23.7 Å². The van der Waals surface area contributed by atoms with Crippen LogP contribution >= 0.6 is 11.3 Å².